The van der Waals surface area contributed by atoms with Gasteiger partial charge in [-0.2, -0.15) is 4.31 Å². The molecule has 2 aromatic carbocycles. The predicted molar refractivity (Wildman–Crippen MR) is 129 cm³/mol. The smallest absolute Gasteiger partial charge is 0.325 e. The molecule has 1 N–H and O–H groups in total. The molecule has 34 heavy (non-hydrogen) atoms. The standard InChI is InChI=1S/C24H31N3O6S/c1-5-26(6-2)34(31,32)21-14-12-19(13-15-21)24(30)25-16-23(29)33-17-22(28)27(18(3)4)20-10-8-7-9-11-20/h7-15,18H,5-6,16-17H2,1-4H3,(H,25,30). The van der Waals surface area contributed by atoms with Crippen LogP contribution in [0.15, 0.2) is 59.5 Å². The fourth-order valence-corrected chi connectivity index (χ4v) is 4.78. The quantitative estimate of drug-likeness (QED) is 0.485. The number of anilines is 1. The molecule has 184 valence electrons. The zero-order valence-electron chi connectivity index (χ0n) is 19.9. The van der Waals surface area contributed by atoms with Gasteiger partial charge in [-0.3, -0.25) is 14.4 Å². The van der Waals surface area contributed by atoms with E-state index in [1.165, 1.54) is 33.5 Å². The molecule has 0 aliphatic carbocycles. The van der Waals surface area contributed by atoms with E-state index in [4.69, 9.17) is 4.74 Å². The van der Waals surface area contributed by atoms with Crippen LogP contribution in [0.1, 0.15) is 38.1 Å². The molecule has 0 spiro atoms. The lowest BCUT2D eigenvalue weighted by molar-refractivity contribution is -0.146. The number of amides is 2. The largest absolute Gasteiger partial charge is 0.454 e. The predicted octanol–water partition coefficient (Wildman–Crippen LogP) is 2.43. The van der Waals surface area contributed by atoms with Gasteiger partial charge in [0.15, 0.2) is 6.61 Å². The molecule has 0 aromatic heterocycles. The van der Waals surface area contributed by atoms with Crippen molar-refractivity contribution in [3.8, 4) is 0 Å². The number of sulfonamides is 1. The van der Waals surface area contributed by atoms with Crippen molar-refractivity contribution in [1.29, 1.82) is 0 Å². The summed E-state index contributed by atoms with van der Waals surface area (Å²) < 4.78 is 31.4. The van der Waals surface area contributed by atoms with Gasteiger partial charge in [0.05, 0.1) is 4.90 Å². The van der Waals surface area contributed by atoms with Gasteiger partial charge in [-0.25, -0.2) is 8.42 Å². The number of carbonyl (C=O) groups is 3. The van der Waals surface area contributed by atoms with Gasteiger partial charge in [-0.15, -0.1) is 0 Å². The first kappa shape index (κ1) is 27.0. The minimum absolute atomic E-state index is 0.0822. The highest BCUT2D eigenvalue weighted by atomic mass is 32.2. The number of esters is 1. The molecule has 2 amide bonds. The molecule has 0 saturated carbocycles. The summed E-state index contributed by atoms with van der Waals surface area (Å²) in [7, 11) is -3.63. The Hall–Kier alpha value is -3.24. The molecule has 9 nitrogen and oxygen atoms in total. The van der Waals surface area contributed by atoms with Crippen LogP contribution in [-0.2, 0) is 24.3 Å². The third-order valence-electron chi connectivity index (χ3n) is 5.03. The van der Waals surface area contributed by atoms with E-state index < -0.39 is 35.1 Å². The van der Waals surface area contributed by atoms with Crippen LogP contribution < -0.4 is 10.2 Å². The Morgan fingerprint density at radius 1 is 0.941 bits per heavy atom. The van der Waals surface area contributed by atoms with E-state index in [9.17, 15) is 22.8 Å². The van der Waals surface area contributed by atoms with E-state index in [0.29, 0.717) is 18.8 Å². The fourth-order valence-electron chi connectivity index (χ4n) is 3.33. The molecule has 2 aromatic rings. The minimum Gasteiger partial charge on any atom is -0.454 e. The van der Waals surface area contributed by atoms with Crippen LogP contribution in [0, 0.1) is 0 Å². The summed E-state index contributed by atoms with van der Waals surface area (Å²) in [4.78, 5) is 38.5. The lowest BCUT2D eigenvalue weighted by atomic mass is 10.2. The molecule has 0 unspecified atom stereocenters. The van der Waals surface area contributed by atoms with Crippen molar-refractivity contribution in [3.05, 3.63) is 60.2 Å². The summed E-state index contributed by atoms with van der Waals surface area (Å²) in [6.45, 7) is 6.99. The molecular formula is C24H31N3O6S. The Balaban J connectivity index is 1.90. The molecule has 0 bridgehead atoms. The Labute approximate surface area is 200 Å². The second-order valence-corrected chi connectivity index (χ2v) is 9.59. The van der Waals surface area contributed by atoms with Gasteiger partial charge in [0, 0.05) is 30.4 Å². The van der Waals surface area contributed by atoms with Crippen molar-refractivity contribution in [3.63, 3.8) is 0 Å². The number of hydrogen-bond acceptors (Lipinski definition) is 6. The highest BCUT2D eigenvalue weighted by Gasteiger charge is 2.22. The Kier molecular flexibility index (Phi) is 9.76. The van der Waals surface area contributed by atoms with Gasteiger partial charge >= 0.3 is 5.97 Å². The van der Waals surface area contributed by atoms with E-state index >= 15 is 0 Å². The van der Waals surface area contributed by atoms with Crippen molar-refractivity contribution >= 4 is 33.5 Å². The monoisotopic (exact) mass is 489 g/mol. The van der Waals surface area contributed by atoms with Crippen LogP contribution in [0.2, 0.25) is 0 Å². The topological polar surface area (TPSA) is 113 Å². The second-order valence-electron chi connectivity index (χ2n) is 7.65. The van der Waals surface area contributed by atoms with Gasteiger partial charge in [-0.1, -0.05) is 32.0 Å². The zero-order chi connectivity index (χ0) is 25.3. The Bertz CT molecular complexity index is 1080. The maximum Gasteiger partial charge on any atom is 0.325 e. The Morgan fingerprint density at radius 2 is 1.53 bits per heavy atom. The van der Waals surface area contributed by atoms with Crippen molar-refractivity contribution < 1.29 is 27.5 Å². The highest BCUT2D eigenvalue weighted by molar-refractivity contribution is 7.89. The van der Waals surface area contributed by atoms with Crippen LogP contribution in [-0.4, -0.2) is 62.8 Å². The molecule has 2 rings (SSSR count). The molecule has 0 aliphatic heterocycles. The average Bonchev–Trinajstić information content (AvgIpc) is 2.82. The zero-order valence-corrected chi connectivity index (χ0v) is 20.7. The van der Waals surface area contributed by atoms with E-state index in [1.807, 2.05) is 32.0 Å². The van der Waals surface area contributed by atoms with E-state index in [0.717, 1.165) is 0 Å². The fraction of sp³-hybridized carbons (Fsp3) is 0.375. The van der Waals surface area contributed by atoms with Gasteiger partial charge in [0.25, 0.3) is 11.8 Å². The minimum atomic E-state index is -3.63. The lowest BCUT2D eigenvalue weighted by Gasteiger charge is -2.26. The average molecular weight is 490 g/mol. The number of carbonyl (C=O) groups excluding carboxylic acids is 3. The molecule has 0 radical (unpaired) electrons. The maximum absolute atomic E-state index is 12.6. The Morgan fingerprint density at radius 3 is 2.06 bits per heavy atom. The van der Waals surface area contributed by atoms with E-state index in [-0.39, 0.29) is 22.4 Å². The molecule has 0 saturated heterocycles. The molecule has 10 heteroatoms. The van der Waals surface area contributed by atoms with Crippen LogP contribution in [0.25, 0.3) is 0 Å². The summed E-state index contributed by atoms with van der Waals surface area (Å²) in [6.07, 6.45) is 0. The number of nitrogens with one attached hydrogen (secondary N) is 1. The van der Waals surface area contributed by atoms with Crippen LogP contribution >= 0.6 is 0 Å². The van der Waals surface area contributed by atoms with E-state index in [2.05, 4.69) is 5.32 Å². The van der Waals surface area contributed by atoms with Crippen LogP contribution in [0.5, 0.6) is 0 Å². The van der Waals surface area contributed by atoms with Crippen molar-refractivity contribution in [2.24, 2.45) is 0 Å². The second kappa shape index (κ2) is 12.3. The number of rotatable bonds is 11. The van der Waals surface area contributed by atoms with Gasteiger partial charge < -0.3 is 15.0 Å². The number of nitrogens with zero attached hydrogens (tertiary/aromatic N) is 2. The van der Waals surface area contributed by atoms with Gasteiger partial charge in [0.1, 0.15) is 6.54 Å². The molecule has 0 aliphatic rings. The highest BCUT2D eigenvalue weighted by Crippen LogP contribution is 2.17. The number of ether oxygens (including phenoxy) is 1. The third-order valence-corrected chi connectivity index (χ3v) is 7.09. The molecule has 0 fully saturated rings. The van der Waals surface area contributed by atoms with Crippen LogP contribution in [0.3, 0.4) is 0 Å². The normalized spacial score (nSPS) is 11.4. The maximum atomic E-state index is 12.6. The molecule has 0 heterocycles. The first-order chi connectivity index (χ1) is 16.1. The third kappa shape index (κ3) is 6.88. The van der Waals surface area contributed by atoms with Crippen molar-refractivity contribution in [2.45, 2.75) is 38.6 Å². The number of hydrogen-bond donors (Lipinski definition) is 1. The summed E-state index contributed by atoms with van der Waals surface area (Å²) >= 11 is 0. The first-order valence-corrected chi connectivity index (χ1v) is 12.5. The summed E-state index contributed by atoms with van der Waals surface area (Å²) in [5, 5.41) is 2.41. The first-order valence-electron chi connectivity index (χ1n) is 11.0. The van der Waals surface area contributed by atoms with Gasteiger partial charge in [0.2, 0.25) is 10.0 Å². The van der Waals surface area contributed by atoms with Crippen LogP contribution in [0.4, 0.5) is 5.69 Å². The summed E-state index contributed by atoms with van der Waals surface area (Å²) in [5.74, 6) is -1.71. The number of benzene rings is 2. The van der Waals surface area contributed by atoms with Crippen molar-refractivity contribution in [1.82, 2.24) is 9.62 Å². The van der Waals surface area contributed by atoms with Crippen molar-refractivity contribution in [2.75, 3.05) is 31.1 Å². The summed E-state index contributed by atoms with van der Waals surface area (Å²) in [5.41, 5.74) is 0.885. The molecule has 0 atom stereocenters. The number of para-hydroxylation sites is 1. The summed E-state index contributed by atoms with van der Waals surface area (Å²) in [6, 6.07) is 14.4. The molecular weight excluding hydrogens is 458 g/mol. The SMILES string of the molecule is CCN(CC)S(=O)(=O)c1ccc(C(=O)NCC(=O)OCC(=O)N(c2ccccc2)C(C)C)cc1. The lowest BCUT2D eigenvalue weighted by Crippen LogP contribution is -2.40. The van der Waals surface area contributed by atoms with Gasteiger partial charge in [-0.05, 0) is 50.2 Å². The van der Waals surface area contributed by atoms with E-state index in [1.54, 1.807) is 26.0 Å².